The van der Waals surface area contributed by atoms with E-state index in [2.05, 4.69) is 16.8 Å². The zero-order valence-electron chi connectivity index (χ0n) is 12.2. The average Bonchev–Trinajstić information content (AvgIpc) is 2.54. The van der Waals surface area contributed by atoms with E-state index in [9.17, 15) is 4.79 Å². The highest BCUT2D eigenvalue weighted by Gasteiger charge is 2.10. The van der Waals surface area contributed by atoms with Crippen LogP contribution in [0.1, 0.15) is 10.4 Å². The van der Waals surface area contributed by atoms with Gasteiger partial charge in [0.1, 0.15) is 12.4 Å². The van der Waals surface area contributed by atoms with E-state index in [0.29, 0.717) is 18.7 Å². The van der Waals surface area contributed by atoms with Gasteiger partial charge < -0.3 is 14.8 Å². The van der Waals surface area contributed by atoms with Crippen LogP contribution in [0.5, 0.6) is 5.75 Å². The van der Waals surface area contributed by atoms with Gasteiger partial charge in [-0.25, -0.2) is 0 Å². The van der Waals surface area contributed by atoms with Gasteiger partial charge in [0.05, 0.1) is 13.2 Å². The topological polar surface area (TPSA) is 50.8 Å². The van der Waals surface area contributed by atoms with E-state index in [-0.39, 0.29) is 5.91 Å². The van der Waals surface area contributed by atoms with Crippen LogP contribution in [-0.4, -0.2) is 56.8 Å². The Kier molecular flexibility index (Phi) is 6.24. The molecule has 1 amide bonds. The molecule has 1 fully saturated rings. The zero-order chi connectivity index (χ0) is 14.9. The molecule has 0 atom stereocenters. The van der Waals surface area contributed by atoms with Crippen molar-refractivity contribution in [3.8, 4) is 5.75 Å². The molecule has 0 aliphatic carbocycles. The Hall–Kier alpha value is -1.85. The van der Waals surface area contributed by atoms with Crippen molar-refractivity contribution < 1.29 is 14.3 Å². The normalized spacial score (nSPS) is 15.4. The second kappa shape index (κ2) is 8.44. The SMILES string of the molecule is C=CCOc1ccc(C(=O)NCCN2CCOCC2)cc1. The average molecular weight is 290 g/mol. The van der Waals surface area contributed by atoms with Crippen LogP contribution < -0.4 is 10.1 Å². The Morgan fingerprint density at radius 1 is 1.33 bits per heavy atom. The predicted octanol–water partition coefficient (Wildman–Crippen LogP) is 1.31. The smallest absolute Gasteiger partial charge is 0.251 e. The van der Waals surface area contributed by atoms with Crippen molar-refractivity contribution in [2.75, 3.05) is 46.0 Å². The maximum Gasteiger partial charge on any atom is 0.251 e. The second-order valence-corrected chi connectivity index (χ2v) is 4.83. The molecule has 0 radical (unpaired) electrons. The minimum absolute atomic E-state index is 0.0569. The fraction of sp³-hybridized carbons (Fsp3) is 0.438. The van der Waals surface area contributed by atoms with Gasteiger partial charge in [0.25, 0.3) is 5.91 Å². The van der Waals surface area contributed by atoms with Crippen molar-refractivity contribution in [2.24, 2.45) is 0 Å². The number of morpholine rings is 1. The molecule has 1 aliphatic rings. The number of rotatable bonds is 7. The monoisotopic (exact) mass is 290 g/mol. The molecule has 1 aliphatic heterocycles. The molecular weight excluding hydrogens is 268 g/mol. The molecule has 0 saturated carbocycles. The third-order valence-electron chi connectivity index (χ3n) is 3.30. The van der Waals surface area contributed by atoms with Crippen molar-refractivity contribution in [3.63, 3.8) is 0 Å². The molecule has 21 heavy (non-hydrogen) atoms. The first-order valence-corrected chi connectivity index (χ1v) is 7.21. The van der Waals surface area contributed by atoms with Gasteiger partial charge in [0.15, 0.2) is 0 Å². The molecule has 1 aromatic rings. The summed E-state index contributed by atoms with van der Waals surface area (Å²) in [6.07, 6.45) is 1.69. The van der Waals surface area contributed by atoms with Gasteiger partial charge in [-0.3, -0.25) is 9.69 Å². The highest BCUT2D eigenvalue weighted by atomic mass is 16.5. The highest BCUT2D eigenvalue weighted by Crippen LogP contribution is 2.12. The van der Waals surface area contributed by atoms with Crippen molar-refractivity contribution in [1.82, 2.24) is 10.2 Å². The Labute approximate surface area is 125 Å². The molecule has 0 bridgehead atoms. The number of nitrogens with one attached hydrogen (secondary N) is 1. The van der Waals surface area contributed by atoms with Crippen molar-refractivity contribution in [3.05, 3.63) is 42.5 Å². The van der Waals surface area contributed by atoms with Crippen LogP contribution in [0, 0.1) is 0 Å². The van der Waals surface area contributed by atoms with Crippen LogP contribution in [0.2, 0.25) is 0 Å². The van der Waals surface area contributed by atoms with Gasteiger partial charge in [-0.1, -0.05) is 12.7 Å². The molecule has 0 unspecified atom stereocenters. The van der Waals surface area contributed by atoms with Gasteiger partial charge in [0.2, 0.25) is 0 Å². The molecule has 0 spiro atoms. The minimum Gasteiger partial charge on any atom is -0.490 e. The number of amides is 1. The molecule has 0 aromatic heterocycles. The van der Waals surface area contributed by atoms with Crippen LogP contribution in [0.4, 0.5) is 0 Å². The fourth-order valence-electron chi connectivity index (χ4n) is 2.11. The lowest BCUT2D eigenvalue weighted by atomic mass is 10.2. The van der Waals surface area contributed by atoms with E-state index in [1.807, 2.05) is 0 Å². The Morgan fingerprint density at radius 3 is 2.71 bits per heavy atom. The van der Waals surface area contributed by atoms with E-state index in [1.54, 1.807) is 30.3 Å². The Bertz CT molecular complexity index is 453. The molecule has 1 N–H and O–H groups in total. The molecule has 5 nitrogen and oxygen atoms in total. The minimum atomic E-state index is -0.0569. The summed E-state index contributed by atoms with van der Waals surface area (Å²) in [6, 6.07) is 7.12. The van der Waals surface area contributed by atoms with Crippen LogP contribution in [0.25, 0.3) is 0 Å². The number of carbonyl (C=O) groups is 1. The number of nitrogens with zero attached hydrogens (tertiary/aromatic N) is 1. The summed E-state index contributed by atoms with van der Waals surface area (Å²) in [5.41, 5.74) is 0.642. The summed E-state index contributed by atoms with van der Waals surface area (Å²) in [6.45, 7) is 8.99. The third kappa shape index (κ3) is 5.21. The second-order valence-electron chi connectivity index (χ2n) is 4.83. The summed E-state index contributed by atoms with van der Waals surface area (Å²) >= 11 is 0. The molecular formula is C16H22N2O3. The molecule has 5 heteroatoms. The first-order chi connectivity index (χ1) is 10.3. The van der Waals surface area contributed by atoms with Gasteiger partial charge in [-0.15, -0.1) is 0 Å². The van der Waals surface area contributed by atoms with Gasteiger partial charge in [-0.05, 0) is 24.3 Å². The number of hydrogen-bond acceptors (Lipinski definition) is 4. The molecule has 1 heterocycles. The molecule has 114 valence electrons. The maximum absolute atomic E-state index is 12.0. The van der Waals surface area contributed by atoms with Crippen LogP contribution in [0.15, 0.2) is 36.9 Å². The first-order valence-electron chi connectivity index (χ1n) is 7.21. The lowest BCUT2D eigenvalue weighted by molar-refractivity contribution is 0.0383. The lowest BCUT2D eigenvalue weighted by Crippen LogP contribution is -2.41. The number of hydrogen-bond donors (Lipinski definition) is 1. The standard InChI is InChI=1S/C16H22N2O3/c1-2-11-21-15-5-3-14(4-6-15)16(19)17-7-8-18-9-12-20-13-10-18/h2-6H,1,7-13H2,(H,17,19). The quantitative estimate of drug-likeness (QED) is 0.769. The molecule has 1 aromatic carbocycles. The van der Waals surface area contributed by atoms with E-state index < -0.39 is 0 Å². The van der Waals surface area contributed by atoms with Crippen LogP contribution in [0.3, 0.4) is 0 Å². The fourth-order valence-corrected chi connectivity index (χ4v) is 2.11. The maximum atomic E-state index is 12.0. The zero-order valence-corrected chi connectivity index (χ0v) is 12.2. The lowest BCUT2D eigenvalue weighted by Gasteiger charge is -2.26. The number of carbonyl (C=O) groups excluding carboxylic acids is 1. The predicted molar refractivity (Wildman–Crippen MR) is 81.7 cm³/mol. The van der Waals surface area contributed by atoms with Crippen LogP contribution >= 0.6 is 0 Å². The summed E-state index contributed by atoms with van der Waals surface area (Å²) in [5.74, 6) is 0.679. The summed E-state index contributed by atoms with van der Waals surface area (Å²) in [7, 11) is 0. The summed E-state index contributed by atoms with van der Waals surface area (Å²) in [5, 5.41) is 2.93. The van der Waals surface area contributed by atoms with Gasteiger partial charge >= 0.3 is 0 Å². The Balaban J connectivity index is 1.73. The number of benzene rings is 1. The number of ether oxygens (including phenoxy) is 2. The van der Waals surface area contributed by atoms with Gasteiger partial charge in [-0.2, -0.15) is 0 Å². The summed E-state index contributed by atoms with van der Waals surface area (Å²) < 4.78 is 10.7. The molecule has 1 saturated heterocycles. The van der Waals surface area contributed by atoms with E-state index in [4.69, 9.17) is 9.47 Å². The van der Waals surface area contributed by atoms with E-state index in [0.717, 1.165) is 38.6 Å². The van der Waals surface area contributed by atoms with Crippen LogP contribution in [-0.2, 0) is 4.74 Å². The molecule has 2 rings (SSSR count). The van der Waals surface area contributed by atoms with Gasteiger partial charge in [0, 0.05) is 31.7 Å². The van der Waals surface area contributed by atoms with Crippen molar-refractivity contribution in [1.29, 1.82) is 0 Å². The Morgan fingerprint density at radius 2 is 2.05 bits per heavy atom. The van der Waals surface area contributed by atoms with Crippen molar-refractivity contribution >= 4 is 5.91 Å². The summed E-state index contributed by atoms with van der Waals surface area (Å²) in [4.78, 5) is 14.3. The van der Waals surface area contributed by atoms with Crippen molar-refractivity contribution in [2.45, 2.75) is 0 Å². The van der Waals surface area contributed by atoms with E-state index in [1.165, 1.54) is 0 Å². The highest BCUT2D eigenvalue weighted by molar-refractivity contribution is 5.94. The van der Waals surface area contributed by atoms with E-state index >= 15 is 0 Å². The largest absolute Gasteiger partial charge is 0.490 e. The third-order valence-corrected chi connectivity index (χ3v) is 3.30. The first kappa shape index (κ1) is 15.5.